The second kappa shape index (κ2) is 21.3. The predicted molar refractivity (Wildman–Crippen MR) is 147 cm³/mol. The summed E-state index contributed by atoms with van der Waals surface area (Å²) in [5, 5.41) is 41.0. The fourth-order valence-electron chi connectivity index (χ4n) is 3.62. The first kappa shape index (κ1) is 39.6. The van der Waals surface area contributed by atoms with Gasteiger partial charge in [0.25, 0.3) is 10.1 Å². The van der Waals surface area contributed by atoms with Gasteiger partial charge in [-0.05, 0) is 12.8 Å². The second-order valence-electron chi connectivity index (χ2n) is 9.40. The highest BCUT2D eigenvalue weighted by Crippen LogP contribution is 1.99. The van der Waals surface area contributed by atoms with Crippen molar-refractivity contribution in [3.63, 3.8) is 0 Å². The van der Waals surface area contributed by atoms with Crippen molar-refractivity contribution < 1.29 is 66.9 Å². The number of carbonyl (C=O) groups excluding carboxylic acids is 2. The van der Waals surface area contributed by atoms with E-state index in [1.807, 2.05) is 6.92 Å². The molecule has 0 aromatic heterocycles. The number of nitrogens with zero attached hydrogens (tertiary/aromatic N) is 3. The molecule has 7 N–H and O–H groups in total. The lowest BCUT2D eigenvalue weighted by Crippen LogP contribution is -2.53. The molecule has 43 heavy (non-hydrogen) atoms. The first-order chi connectivity index (χ1) is 20.0. The highest BCUT2D eigenvalue weighted by molar-refractivity contribution is 7.85. The summed E-state index contributed by atoms with van der Waals surface area (Å²) in [4.78, 5) is 73.3. The van der Waals surface area contributed by atoms with Crippen LogP contribution in [0.5, 0.6) is 0 Å². The molecular weight excluding hydrogens is 602 g/mol. The van der Waals surface area contributed by atoms with Gasteiger partial charge in [-0.2, -0.15) is 8.42 Å². The second-order valence-corrected chi connectivity index (χ2v) is 10.9. The van der Waals surface area contributed by atoms with Gasteiger partial charge in [0.15, 0.2) is 0 Å². The van der Waals surface area contributed by atoms with Crippen LogP contribution in [0.1, 0.15) is 19.8 Å². The summed E-state index contributed by atoms with van der Waals surface area (Å²) in [6.45, 7) is -0.946. The summed E-state index contributed by atoms with van der Waals surface area (Å²) in [5.74, 6) is -8.25. The zero-order valence-electron chi connectivity index (χ0n) is 23.8. The largest absolute Gasteiger partial charge is 0.480 e. The normalized spacial score (nSPS) is 12.3. The van der Waals surface area contributed by atoms with E-state index >= 15 is 0 Å². The molecular formula is C23H41N5O14S. The number of carboxylic acids is 4. The maximum atomic E-state index is 12.7. The topological polar surface area (TPSA) is 281 Å². The summed E-state index contributed by atoms with van der Waals surface area (Å²) in [6, 6.07) is -1.70. The fraction of sp³-hybridized carbons (Fsp3) is 0.739. The number of hydrogen-bond donors (Lipinski definition) is 7. The molecule has 0 aliphatic heterocycles. The Balaban J connectivity index is 5.37. The summed E-state index contributed by atoms with van der Waals surface area (Å²) in [6.07, 6.45) is 1.19. The van der Waals surface area contributed by atoms with Gasteiger partial charge in [0.1, 0.15) is 11.8 Å². The summed E-state index contributed by atoms with van der Waals surface area (Å²) >= 11 is 0. The van der Waals surface area contributed by atoms with Gasteiger partial charge in [-0.15, -0.1) is 0 Å². The Morgan fingerprint density at radius 3 is 1.60 bits per heavy atom. The molecule has 0 aliphatic carbocycles. The third-order valence-corrected chi connectivity index (χ3v) is 6.16. The molecule has 0 heterocycles. The van der Waals surface area contributed by atoms with Crippen LogP contribution in [0.3, 0.4) is 0 Å². The van der Waals surface area contributed by atoms with Gasteiger partial charge in [0.2, 0.25) is 11.8 Å². The number of amides is 2. The predicted octanol–water partition coefficient (Wildman–Crippen LogP) is -3.46. The molecule has 0 fully saturated rings. The third-order valence-electron chi connectivity index (χ3n) is 5.41. The minimum atomic E-state index is -4.71. The van der Waals surface area contributed by atoms with E-state index in [9.17, 15) is 52.0 Å². The Labute approximate surface area is 248 Å². The number of carbonyl (C=O) groups is 6. The van der Waals surface area contributed by atoms with Crippen LogP contribution in [-0.2, 0) is 43.6 Å². The average Bonchev–Trinajstić information content (AvgIpc) is 2.84. The molecule has 0 aromatic carbocycles. The van der Waals surface area contributed by atoms with Crippen LogP contribution in [0.15, 0.2) is 0 Å². The first-order valence-corrected chi connectivity index (χ1v) is 14.8. The molecule has 0 aliphatic rings. The number of hydrogen-bond acceptors (Lipinski definition) is 12. The van der Waals surface area contributed by atoms with Crippen LogP contribution in [0.4, 0.5) is 0 Å². The van der Waals surface area contributed by atoms with Crippen LogP contribution in [0.2, 0.25) is 0 Å². The maximum Gasteiger partial charge on any atom is 0.317 e. The monoisotopic (exact) mass is 643 g/mol. The van der Waals surface area contributed by atoms with E-state index < -0.39 is 90.3 Å². The number of nitrogens with one attached hydrogen (secondary N) is 2. The number of rotatable bonds is 26. The average molecular weight is 644 g/mol. The molecule has 0 aromatic rings. The third kappa shape index (κ3) is 22.8. The molecule has 1 atom stereocenters. The molecule has 248 valence electrons. The molecule has 0 rings (SSSR count). The molecule has 0 radical (unpaired) electrons. The first-order valence-electron chi connectivity index (χ1n) is 13.2. The van der Waals surface area contributed by atoms with E-state index in [-0.39, 0.29) is 32.7 Å². The van der Waals surface area contributed by atoms with Crippen molar-refractivity contribution >= 4 is 45.8 Å². The molecule has 20 heteroatoms. The zero-order chi connectivity index (χ0) is 33.0. The molecule has 19 nitrogen and oxygen atoms in total. The number of ether oxygens (including phenoxy) is 1. The Bertz CT molecular complexity index is 1030. The smallest absolute Gasteiger partial charge is 0.317 e. The van der Waals surface area contributed by atoms with Gasteiger partial charge in [-0.3, -0.25) is 48.0 Å². The van der Waals surface area contributed by atoms with Crippen molar-refractivity contribution in [3.8, 4) is 0 Å². The van der Waals surface area contributed by atoms with Gasteiger partial charge in [-0.25, -0.2) is 0 Å². The number of aliphatic carboxylic acids is 4. The minimum absolute atomic E-state index is 0.0846. The van der Waals surface area contributed by atoms with E-state index in [0.29, 0.717) is 19.6 Å². The number of carboxylic acid groups (broad SMARTS) is 4. The molecule has 0 saturated carbocycles. The van der Waals surface area contributed by atoms with Crippen molar-refractivity contribution in [2.24, 2.45) is 0 Å². The maximum absolute atomic E-state index is 12.7. The lowest BCUT2D eigenvalue weighted by Gasteiger charge is -2.28. The Kier molecular flexibility index (Phi) is 19.6. The van der Waals surface area contributed by atoms with Crippen molar-refractivity contribution in [1.82, 2.24) is 25.3 Å². The molecule has 0 unspecified atom stereocenters. The van der Waals surface area contributed by atoms with Crippen LogP contribution in [0, 0.1) is 0 Å². The van der Waals surface area contributed by atoms with E-state index in [1.54, 1.807) is 0 Å². The van der Waals surface area contributed by atoms with Crippen molar-refractivity contribution in [2.45, 2.75) is 25.8 Å². The van der Waals surface area contributed by atoms with E-state index in [4.69, 9.17) is 14.9 Å². The van der Waals surface area contributed by atoms with E-state index in [2.05, 4.69) is 10.6 Å². The van der Waals surface area contributed by atoms with Crippen LogP contribution in [-0.4, -0.2) is 174 Å². The lowest BCUT2D eigenvalue weighted by molar-refractivity contribution is -0.143. The van der Waals surface area contributed by atoms with Crippen LogP contribution < -0.4 is 10.6 Å². The Hall–Kier alpha value is -3.43. The highest BCUT2D eigenvalue weighted by Gasteiger charge is 2.27. The standard InChI is InChI=1S/C23H41N5O14S/c1-2-9-42-10-3-4-24-23(38)17(16-43(39,40)41)25-18(29)11-27(13-20(32)33)7-5-26(12-19(30)31)6-8-28(14-21(34)35)15-22(36)37/h17H,2-16H2,1H3,(H,24,38)(H,25,29)(H,30,31)(H,32,33)(H,34,35)(H,36,37)(H,39,40,41)/t17-/m1/s1. The van der Waals surface area contributed by atoms with Gasteiger partial charge in [0, 0.05) is 45.9 Å². The highest BCUT2D eigenvalue weighted by atomic mass is 32.2. The summed E-state index contributed by atoms with van der Waals surface area (Å²) in [7, 11) is -4.71. The molecule has 0 bridgehead atoms. The molecule has 0 spiro atoms. The minimum Gasteiger partial charge on any atom is -0.480 e. The van der Waals surface area contributed by atoms with E-state index in [0.717, 1.165) is 16.2 Å². The van der Waals surface area contributed by atoms with Crippen molar-refractivity contribution in [3.05, 3.63) is 0 Å². The molecule has 2 amide bonds. The Morgan fingerprint density at radius 1 is 0.721 bits per heavy atom. The van der Waals surface area contributed by atoms with Crippen molar-refractivity contribution in [2.75, 3.05) is 84.4 Å². The quantitative estimate of drug-likeness (QED) is 0.0356. The Morgan fingerprint density at radius 2 is 1.16 bits per heavy atom. The van der Waals surface area contributed by atoms with Crippen molar-refractivity contribution in [1.29, 1.82) is 0 Å². The summed E-state index contributed by atoms with van der Waals surface area (Å²) in [5.41, 5.74) is 0. The van der Waals surface area contributed by atoms with Gasteiger partial charge < -0.3 is 35.8 Å². The SMILES string of the molecule is CCCOCCCNC(=O)[C@@H](CS(=O)(=O)O)NC(=O)CN(CCN(CCN(CC(=O)O)CC(=O)O)CC(=O)O)CC(=O)O. The van der Waals surface area contributed by atoms with Crippen LogP contribution >= 0.6 is 0 Å². The summed E-state index contributed by atoms with van der Waals surface area (Å²) < 4.78 is 37.4. The van der Waals surface area contributed by atoms with E-state index in [1.165, 1.54) is 4.90 Å². The van der Waals surface area contributed by atoms with Gasteiger partial charge in [-0.1, -0.05) is 6.92 Å². The van der Waals surface area contributed by atoms with Crippen LogP contribution in [0.25, 0.3) is 0 Å². The lowest BCUT2D eigenvalue weighted by atomic mass is 10.3. The molecule has 0 saturated heterocycles. The van der Waals surface area contributed by atoms with Gasteiger partial charge in [0.05, 0.1) is 32.7 Å². The zero-order valence-corrected chi connectivity index (χ0v) is 24.7. The fourth-order valence-corrected chi connectivity index (χ4v) is 4.28. The van der Waals surface area contributed by atoms with Gasteiger partial charge >= 0.3 is 23.9 Å².